The van der Waals surface area contributed by atoms with Crippen molar-refractivity contribution in [3.05, 3.63) is 33.2 Å². The predicted molar refractivity (Wildman–Crippen MR) is 53.8 cm³/mol. The fourth-order valence-corrected chi connectivity index (χ4v) is 2.16. The lowest BCUT2D eigenvalue weighted by Gasteiger charge is -2.10. The molecule has 0 aromatic carbocycles. The van der Waals surface area contributed by atoms with Gasteiger partial charge >= 0.3 is 0 Å². The van der Waals surface area contributed by atoms with Crippen LogP contribution in [0.5, 0.6) is 0 Å². The highest BCUT2D eigenvalue weighted by Crippen LogP contribution is 2.20. The van der Waals surface area contributed by atoms with Gasteiger partial charge in [0, 0.05) is 12.2 Å². The van der Waals surface area contributed by atoms with Crippen LogP contribution in [0, 0.1) is 0 Å². The van der Waals surface area contributed by atoms with E-state index in [1.165, 1.54) is 5.56 Å². The number of fused-ring (bicyclic) bond motifs is 1. The lowest BCUT2D eigenvalue weighted by atomic mass is 10.1. The molecule has 0 bridgehead atoms. The van der Waals surface area contributed by atoms with Gasteiger partial charge in [-0.3, -0.25) is 9.59 Å². The molecule has 74 valence electrons. The highest BCUT2D eigenvalue weighted by atomic mass is 16.1. The van der Waals surface area contributed by atoms with Crippen molar-refractivity contribution in [2.75, 3.05) is 0 Å². The van der Waals surface area contributed by atoms with Crippen molar-refractivity contribution in [1.29, 1.82) is 0 Å². The van der Waals surface area contributed by atoms with Gasteiger partial charge in [-0.25, -0.2) is 0 Å². The van der Waals surface area contributed by atoms with Crippen molar-refractivity contribution in [2.45, 2.75) is 32.7 Å². The molecule has 0 spiro atoms. The summed E-state index contributed by atoms with van der Waals surface area (Å²) in [6.07, 6.45) is 3.72. The van der Waals surface area contributed by atoms with Crippen LogP contribution in [-0.2, 0) is 19.4 Å². The summed E-state index contributed by atoms with van der Waals surface area (Å²) >= 11 is 0. The number of aromatic nitrogens is 1. The van der Waals surface area contributed by atoms with Crippen LogP contribution in [0.25, 0.3) is 0 Å². The molecule has 0 atom stereocenters. The van der Waals surface area contributed by atoms with Crippen LogP contribution in [0.1, 0.15) is 35.0 Å². The second kappa shape index (κ2) is 3.40. The minimum absolute atomic E-state index is 0.136. The zero-order valence-corrected chi connectivity index (χ0v) is 8.25. The van der Waals surface area contributed by atoms with Gasteiger partial charge in [-0.15, -0.1) is 0 Å². The van der Waals surface area contributed by atoms with Gasteiger partial charge in [-0.05, 0) is 37.8 Å². The van der Waals surface area contributed by atoms with Gasteiger partial charge in [-0.2, -0.15) is 0 Å². The second-order valence-electron chi connectivity index (χ2n) is 3.59. The summed E-state index contributed by atoms with van der Waals surface area (Å²) in [4.78, 5) is 22.4. The lowest BCUT2D eigenvalue weighted by Crippen LogP contribution is -2.26. The molecule has 0 N–H and O–H groups in total. The number of carbonyl (C=O) groups is 1. The Hall–Kier alpha value is -1.38. The van der Waals surface area contributed by atoms with E-state index in [9.17, 15) is 9.59 Å². The Morgan fingerprint density at radius 2 is 2.29 bits per heavy atom. The van der Waals surface area contributed by atoms with Gasteiger partial charge in [0.1, 0.15) is 0 Å². The third kappa shape index (κ3) is 1.20. The van der Waals surface area contributed by atoms with Crippen LogP contribution in [0.3, 0.4) is 0 Å². The highest BCUT2D eigenvalue weighted by molar-refractivity contribution is 5.74. The zero-order chi connectivity index (χ0) is 10.1. The number of hydrogen-bond donors (Lipinski definition) is 0. The number of aldehydes is 1. The second-order valence-corrected chi connectivity index (χ2v) is 3.59. The number of carbonyl (C=O) groups excluding carboxylic acids is 1. The van der Waals surface area contributed by atoms with Crippen molar-refractivity contribution in [3.8, 4) is 0 Å². The van der Waals surface area contributed by atoms with Crippen molar-refractivity contribution < 1.29 is 4.79 Å². The first-order chi connectivity index (χ1) is 6.77. The van der Waals surface area contributed by atoms with E-state index in [2.05, 4.69) is 0 Å². The third-order valence-corrected chi connectivity index (χ3v) is 2.82. The zero-order valence-electron chi connectivity index (χ0n) is 8.25. The van der Waals surface area contributed by atoms with Gasteiger partial charge < -0.3 is 4.57 Å². The largest absolute Gasteiger partial charge is 0.312 e. The predicted octanol–water partition coefficient (Wildman–Crippen LogP) is 1.17. The number of aryl methyl sites for hydroxylation is 1. The molecule has 2 rings (SSSR count). The molecule has 14 heavy (non-hydrogen) atoms. The Morgan fingerprint density at radius 3 is 2.93 bits per heavy atom. The van der Waals surface area contributed by atoms with E-state index in [0.29, 0.717) is 18.4 Å². The molecular formula is C11H13NO2. The highest BCUT2D eigenvalue weighted by Gasteiger charge is 2.17. The van der Waals surface area contributed by atoms with E-state index < -0.39 is 0 Å². The van der Waals surface area contributed by atoms with Crippen LogP contribution in [0.2, 0.25) is 0 Å². The topological polar surface area (TPSA) is 39.1 Å². The number of rotatable bonds is 2. The summed E-state index contributed by atoms with van der Waals surface area (Å²) in [6, 6.07) is 1.75. The van der Waals surface area contributed by atoms with Gasteiger partial charge in [0.05, 0.1) is 5.56 Å². The fraction of sp³-hybridized carbons (Fsp3) is 0.455. The summed E-state index contributed by atoms with van der Waals surface area (Å²) < 4.78 is 1.73. The molecule has 0 saturated carbocycles. The molecule has 0 saturated heterocycles. The van der Waals surface area contributed by atoms with Crippen molar-refractivity contribution in [2.24, 2.45) is 0 Å². The first-order valence-corrected chi connectivity index (χ1v) is 4.98. The molecule has 1 aliphatic rings. The summed E-state index contributed by atoms with van der Waals surface area (Å²) in [7, 11) is 0. The van der Waals surface area contributed by atoms with E-state index in [4.69, 9.17) is 0 Å². The number of hydrogen-bond acceptors (Lipinski definition) is 2. The molecule has 0 amide bonds. The summed E-state index contributed by atoms with van der Waals surface area (Å²) in [6.45, 7) is 2.59. The molecule has 1 heterocycles. The Labute approximate surface area is 82.4 Å². The first kappa shape index (κ1) is 9.19. The van der Waals surface area contributed by atoms with E-state index in [0.717, 1.165) is 25.0 Å². The Morgan fingerprint density at radius 1 is 1.50 bits per heavy atom. The Kier molecular flexibility index (Phi) is 2.23. The minimum Gasteiger partial charge on any atom is -0.312 e. The fourth-order valence-electron chi connectivity index (χ4n) is 2.16. The van der Waals surface area contributed by atoms with E-state index in [1.54, 1.807) is 10.6 Å². The normalized spacial score (nSPS) is 14.1. The molecule has 0 radical (unpaired) electrons. The molecule has 0 aliphatic heterocycles. The molecule has 0 unspecified atom stereocenters. The molecular weight excluding hydrogens is 178 g/mol. The maximum absolute atomic E-state index is 11.7. The standard InChI is InChI=1S/C11H13NO2/c1-2-12-10-5-3-4-8(10)6-9(7-13)11(12)14/h6-7H,2-5H2,1H3. The SMILES string of the molecule is CCn1c2c(cc(C=O)c1=O)CCC2. The average molecular weight is 191 g/mol. The first-order valence-electron chi connectivity index (χ1n) is 4.98. The van der Waals surface area contributed by atoms with Gasteiger partial charge in [0.2, 0.25) is 0 Å². The van der Waals surface area contributed by atoms with Crippen molar-refractivity contribution >= 4 is 6.29 Å². The molecule has 0 fully saturated rings. The lowest BCUT2D eigenvalue weighted by molar-refractivity contribution is 0.112. The van der Waals surface area contributed by atoms with Crippen molar-refractivity contribution in [3.63, 3.8) is 0 Å². The van der Waals surface area contributed by atoms with E-state index >= 15 is 0 Å². The van der Waals surface area contributed by atoms with Crippen LogP contribution in [0.4, 0.5) is 0 Å². The van der Waals surface area contributed by atoms with Crippen LogP contribution in [0.15, 0.2) is 10.9 Å². The van der Waals surface area contributed by atoms with E-state index in [1.807, 2.05) is 6.92 Å². The summed E-state index contributed by atoms with van der Waals surface area (Å²) in [5.74, 6) is 0. The van der Waals surface area contributed by atoms with Crippen LogP contribution >= 0.6 is 0 Å². The van der Waals surface area contributed by atoms with Gasteiger partial charge in [0.15, 0.2) is 6.29 Å². The third-order valence-electron chi connectivity index (χ3n) is 2.82. The molecule has 1 aromatic heterocycles. The molecule has 3 nitrogen and oxygen atoms in total. The Balaban J connectivity index is 2.73. The van der Waals surface area contributed by atoms with Crippen LogP contribution < -0.4 is 5.56 Å². The van der Waals surface area contributed by atoms with Crippen molar-refractivity contribution in [1.82, 2.24) is 4.57 Å². The smallest absolute Gasteiger partial charge is 0.261 e. The summed E-state index contributed by atoms with van der Waals surface area (Å²) in [5.41, 5.74) is 2.47. The molecule has 1 aromatic rings. The number of nitrogens with zero attached hydrogens (tertiary/aromatic N) is 1. The quantitative estimate of drug-likeness (QED) is 0.658. The number of pyridine rings is 1. The monoisotopic (exact) mass is 191 g/mol. The van der Waals surface area contributed by atoms with E-state index in [-0.39, 0.29) is 5.56 Å². The van der Waals surface area contributed by atoms with Crippen LogP contribution in [-0.4, -0.2) is 10.9 Å². The molecule has 3 heteroatoms. The molecule has 1 aliphatic carbocycles. The average Bonchev–Trinajstić information content (AvgIpc) is 2.64. The maximum atomic E-state index is 11.7. The van der Waals surface area contributed by atoms with Gasteiger partial charge in [0.25, 0.3) is 5.56 Å². The maximum Gasteiger partial charge on any atom is 0.261 e. The minimum atomic E-state index is -0.136. The summed E-state index contributed by atoms with van der Waals surface area (Å²) in [5, 5.41) is 0. The van der Waals surface area contributed by atoms with Gasteiger partial charge in [-0.1, -0.05) is 0 Å². The Bertz CT molecular complexity index is 432.